The second-order valence-electron chi connectivity index (χ2n) is 10.7. The van der Waals surface area contributed by atoms with Gasteiger partial charge in [-0.15, -0.1) is 4.98 Å². The van der Waals surface area contributed by atoms with E-state index in [1.165, 1.54) is 24.3 Å². The molecular weight excluding hydrogens is 628 g/mol. The normalized spacial score (nSPS) is 18.9. The summed E-state index contributed by atoms with van der Waals surface area (Å²) in [6, 6.07) is 8.94. The summed E-state index contributed by atoms with van der Waals surface area (Å²) in [5, 5.41) is 0.203. The molecular formula is C30H29ClF2N5O4SSi+. The molecule has 228 valence electrons. The van der Waals surface area contributed by atoms with Crippen LogP contribution in [0.5, 0.6) is 0 Å². The molecule has 1 fully saturated rings. The van der Waals surface area contributed by atoms with Crippen LogP contribution in [0.4, 0.5) is 14.6 Å². The summed E-state index contributed by atoms with van der Waals surface area (Å²) in [6.07, 6.45) is 2.27. The van der Waals surface area contributed by atoms with Crippen LogP contribution < -0.4 is 9.84 Å². The average Bonchev–Trinajstić information content (AvgIpc) is 2.97. The van der Waals surface area contributed by atoms with Crippen LogP contribution in [0.15, 0.2) is 64.8 Å². The van der Waals surface area contributed by atoms with Crippen LogP contribution in [-0.2, 0) is 14.6 Å². The highest BCUT2D eigenvalue weighted by Crippen LogP contribution is 2.38. The number of fused-ring (bicyclic) bond motifs is 1. The molecule has 0 saturated carbocycles. The van der Waals surface area contributed by atoms with Gasteiger partial charge in [-0.25, -0.2) is 31.5 Å². The molecule has 1 amide bonds. The zero-order chi connectivity index (χ0) is 32.1. The number of aryl methyl sites for hydroxylation is 1. The molecule has 2 aromatic carbocycles. The highest BCUT2D eigenvalue weighted by molar-refractivity contribution is 7.90. The third-order valence-electron chi connectivity index (χ3n) is 8.03. The van der Waals surface area contributed by atoms with Gasteiger partial charge in [0.1, 0.15) is 16.9 Å². The van der Waals surface area contributed by atoms with Crippen molar-refractivity contribution >= 4 is 53.9 Å². The predicted molar refractivity (Wildman–Crippen MR) is 168 cm³/mol. The Hall–Kier alpha value is -3.78. The zero-order valence-electron chi connectivity index (χ0n) is 24.4. The predicted octanol–water partition coefficient (Wildman–Crippen LogP) is 4.48. The van der Waals surface area contributed by atoms with Crippen LogP contribution in [0, 0.1) is 18.6 Å². The van der Waals surface area contributed by atoms with Crippen LogP contribution >= 0.6 is 11.6 Å². The Morgan fingerprint density at radius 2 is 1.93 bits per heavy atom. The van der Waals surface area contributed by atoms with Gasteiger partial charge in [-0.2, -0.15) is 0 Å². The minimum atomic E-state index is -3.85. The van der Waals surface area contributed by atoms with Gasteiger partial charge in [0.25, 0.3) is 0 Å². The van der Waals surface area contributed by atoms with Gasteiger partial charge in [0, 0.05) is 11.8 Å². The molecule has 0 spiro atoms. The summed E-state index contributed by atoms with van der Waals surface area (Å²) >= 11 is 6.35. The summed E-state index contributed by atoms with van der Waals surface area (Å²) in [6.45, 7) is 10.1. The molecule has 9 nitrogen and oxygen atoms in total. The lowest BCUT2D eigenvalue weighted by Crippen LogP contribution is -2.68. The van der Waals surface area contributed by atoms with Gasteiger partial charge in [0.05, 0.1) is 41.3 Å². The minimum absolute atomic E-state index is 0.0272. The van der Waals surface area contributed by atoms with Gasteiger partial charge in [0.2, 0.25) is 11.7 Å². The lowest BCUT2D eigenvalue weighted by molar-refractivity contribution is -0.127. The number of nitrogens with zero attached hydrogens (tertiary/aromatic N) is 5. The quantitative estimate of drug-likeness (QED) is 0.224. The second kappa shape index (κ2) is 11.6. The summed E-state index contributed by atoms with van der Waals surface area (Å²) in [7, 11) is -3.72. The van der Waals surface area contributed by atoms with Gasteiger partial charge in [-0.3, -0.25) is 4.79 Å². The monoisotopic (exact) mass is 656 g/mol. The zero-order valence-corrected chi connectivity index (χ0v) is 27.0. The highest BCUT2D eigenvalue weighted by atomic mass is 35.5. The van der Waals surface area contributed by atoms with Gasteiger partial charge >= 0.3 is 15.4 Å². The topological polar surface area (TPSA) is 102 Å². The van der Waals surface area contributed by atoms with E-state index in [4.69, 9.17) is 11.6 Å². The first kappa shape index (κ1) is 31.6. The summed E-state index contributed by atoms with van der Waals surface area (Å²) in [5.41, 5.74) is -0.782. The largest absolute Gasteiger partial charge is 0.394 e. The van der Waals surface area contributed by atoms with Crippen molar-refractivity contribution in [2.24, 2.45) is 0 Å². The average molecular weight is 657 g/mol. The number of halogens is 3. The molecule has 1 aliphatic rings. The molecule has 44 heavy (non-hydrogen) atoms. The minimum Gasteiger partial charge on any atom is -0.328 e. The third kappa shape index (κ3) is 5.27. The number of carbonyl (C=O) groups is 1. The SMILES string of the molecule is C=CC(=O)N1CC[N+]([Si]C)(c2nc(=O)n(-c3c(C)cccc3S(C)(=O)=O)c3nc(-c4cc(F)ccc4Cl)c(F)cc23)[C@@H](C)C1. The highest BCUT2D eigenvalue weighted by Gasteiger charge is 2.45. The number of benzene rings is 2. The number of rotatable bonds is 6. The van der Waals surface area contributed by atoms with Gasteiger partial charge in [-0.05, 0) is 62.4 Å². The first-order chi connectivity index (χ1) is 20.7. The number of pyridine rings is 1. The van der Waals surface area contributed by atoms with Gasteiger partial charge in [0.15, 0.2) is 21.3 Å². The Labute approximate surface area is 260 Å². The first-order valence-corrected chi connectivity index (χ1v) is 17.3. The van der Waals surface area contributed by atoms with E-state index < -0.39 is 27.2 Å². The van der Waals surface area contributed by atoms with Crippen molar-refractivity contribution in [3.05, 3.63) is 87.8 Å². The second-order valence-corrected chi connectivity index (χ2v) is 14.4. The fourth-order valence-electron chi connectivity index (χ4n) is 5.83. The van der Waals surface area contributed by atoms with Crippen LogP contribution in [0.1, 0.15) is 12.5 Å². The van der Waals surface area contributed by atoms with Crippen molar-refractivity contribution in [1.29, 1.82) is 0 Å². The van der Waals surface area contributed by atoms with Crippen molar-refractivity contribution in [3.8, 4) is 16.9 Å². The Kier molecular flexibility index (Phi) is 8.35. The molecule has 0 N–H and O–H groups in total. The number of sulfone groups is 1. The van der Waals surface area contributed by atoms with Crippen LogP contribution in [0.25, 0.3) is 28.0 Å². The summed E-state index contributed by atoms with van der Waals surface area (Å²) < 4.78 is 57.4. The fraction of sp³-hybridized carbons (Fsp3) is 0.267. The number of amides is 1. The first-order valence-electron chi connectivity index (χ1n) is 13.6. The Morgan fingerprint density at radius 3 is 2.57 bits per heavy atom. The van der Waals surface area contributed by atoms with Crippen LogP contribution in [-0.4, -0.2) is 75.4 Å². The van der Waals surface area contributed by atoms with Crippen molar-refractivity contribution in [2.75, 3.05) is 25.9 Å². The number of para-hydroxylation sites is 1. The molecule has 2 radical (unpaired) electrons. The number of hydrogen-bond acceptors (Lipinski definition) is 6. The standard InChI is InChI=1S/C30H29ClF2N5O4SSi/c1-6-25(39)36-12-13-38(44-5,18(3)16-36)29-21-15-23(33)26(20-14-19(32)10-11-22(20)31)34-28(21)37(30(40)35-29)27-17(2)8-7-9-24(27)43(4,41)42/h6-11,14-15,18H,1,12-13,16H2,2-5H3/q+1/t18-,38?/m0/s1. The number of piperazine rings is 1. The number of hydrogen-bond donors (Lipinski definition) is 0. The summed E-state index contributed by atoms with van der Waals surface area (Å²) in [4.78, 5) is 37.1. The van der Waals surface area contributed by atoms with E-state index >= 15 is 4.39 Å². The van der Waals surface area contributed by atoms with Gasteiger partial charge in [-0.1, -0.05) is 30.3 Å². The molecule has 0 aliphatic carbocycles. The van der Waals surface area contributed by atoms with E-state index in [0.717, 1.165) is 23.0 Å². The lowest BCUT2D eigenvalue weighted by atomic mass is 10.1. The third-order valence-corrected chi connectivity index (χ3v) is 11.2. The molecule has 1 unspecified atom stereocenters. The molecule has 5 rings (SSSR count). The van der Waals surface area contributed by atoms with E-state index in [0.29, 0.717) is 25.2 Å². The molecule has 1 saturated heterocycles. The van der Waals surface area contributed by atoms with Crippen molar-refractivity contribution in [2.45, 2.75) is 31.3 Å². The van der Waals surface area contributed by atoms with E-state index in [1.807, 2.05) is 13.5 Å². The maximum Gasteiger partial charge on any atom is 0.394 e. The molecule has 1 aliphatic heterocycles. The van der Waals surface area contributed by atoms with Crippen LogP contribution in [0.2, 0.25) is 11.6 Å². The molecule has 2 aromatic heterocycles. The van der Waals surface area contributed by atoms with E-state index in [-0.39, 0.29) is 69.5 Å². The fourth-order valence-corrected chi connectivity index (χ4v) is 8.19. The van der Waals surface area contributed by atoms with Gasteiger partial charge < -0.3 is 9.05 Å². The number of quaternary nitrogens is 1. The Balaban J connectivity index is 1.91. The van der Waals surface area contributed by atoms with Crippen molar-refractivity contribution in [3.63, 3.8) is 0 Å². The Bertz CT molecular complexity index is 2020. The number of carbonyl (C=O) groups excluding carboxylic acids is 1. The molecule has 4 aromatic rings. The van der Waals surface area contributed by atoms with E-state index in [1.54, 1.807) is 24.0 Å². The Morgan fingerprint density at radius 1 is 1.20 bits per heavy atom. The summed E-state index contributed by atoms with van der Waals surface area (Å²) in [5.74, 6) is -1.48. The van der Waals surface area contributed by atoms with Crippen molar-refractivity contribution < 1.29 is 22.0 Å². The smallest absolute Gasteiger partial charge is 0.328 e. The van der Waals surface area contributed by atoms with E-state index in [2.05, 4.69) is 16.5 Å². The van der Waals surface area contributed by atoms with E-state index in [9.17, 15) is 22.4 Å². The number of aromatic nitrogens is 3. The molecule has 2 atom stereocenters. The maximum atomic E-state index is 16.1. The lowest BCUT2D eigenvalue weighted by Gasteiger charge is -2.48. The van der Waals surface area contributed by atoms with Crippen LogP contribution in [0.3, 0.4) is 0 Å². The molecule has 3 heterocycles. The maximum absolute atomic E-state index is 16.1. The molecule has 0 bridgehead atoms. The molecule has 14 heteroatoms. The van der Waals surface area contributed by atoms with Crippen molar-refractivity contribution in [1.82, 2.24) is 23.6 Å².